The van der Waals surface area contributed by atoms with Gasteiger partial charge in [-0.3, -0.25) is 4.79 Å². The van der Waals surface area contributed by atoms with E-state index in [-0.39, 0.29) is 5.82 Å². The summed E-state index contributed by atoms with van der Waals surface area (Å²) >= 11 is 0. The number of halogens is 2. The summed E-state index contributed by atoms with van der Waals surface area (Å²) in [7, 11) is 0. The van der Waals surface area contributed by atoms with Crippen LogP contribution in [0.4, 0.5) is 8.78 Å². The molecule has 9 heteroatoms. The van der Waals surface area contributed by atoms with Crippen molar-refractivity contribution >= 4 is 12.1 Å². The van der Waals surface area contributed by atoms with Gasteiger partial charge in [0.25, 0.3) is 5.91 Å². The number of rotatable bonds is 2. The van der Waals surface area contributed by atoms with Crippen molar-refractivity contribution in [2.24, 2.45) is 5.10 Å². The standard InChI is InChI=1S/C9H11F2N3O4/c1-4-13-6(16)2-12-14(4)8-9(10,11)7(17)5(3-15)18-8/h2,5,7-8,15,17H,1,3H2,(H,13,16)/t5-,7?,8-/m1/s1. The van der Waals surface area contributed by atoms with Crippen molar-refractivity contribution in [2.75, 3.05) is 6.61 Å². The van der Waals surface area contributed by atoms with Gasteiger partial charge >= 0.3 is 5.92 Å². The molecule has 7 nitrogen and oxygen atoms in total. The van der Waals surface area contributed by atoms with Crippen molar-refractivity contribution < 1.29 is 28.5 Å². The zero-order chi connectivity index (χ0) is 13.5. The molecule has 2 aliphatic rings. The lowest BCUT2D eigenvalue weighted by Crippen LogP contribution is -2.51. The van der Waals surface area contributed by atoms with Gasteiger partial charge in [0, 0.05) is 0 Å². The Morgan fingerprint density at radius 1 is 1.67 bits per heavy atom. The van der Waals surface area contributed by atoms with E-state index in [1.165, 1.54) is 0 Å². The quantitative estimate of drug-likeness (QED) is 0.569. The van der Waals surface area contributed by atoms with Crippen molar-refractivity contribution in [1.82, 2.24) is 10.3 Å². The molecular formula is C9H11F2N3O4. The molecule has 0 aromatic rings. The first kappa shape index (κ1) is 12.9. The molecule has 0 radical (unpaired) electrons. The summed E-state index contributed by atoms with van der Waals surface area (Å²) in [5, 5.41) is 24.5. The van der Waals surface area contributed by atoms with Crippen molar-refractivity contribution in [3.05, 3.63) is 12.4 Å². The van der Waals surface area contributed by atoms with Crippen molar-refractivity contribution in [1.29, 1.82) is 0 Å². The molecular weight excluding hydrogens is 252 g/mol. The number of aliphatic hydroxyl groups is 2. The largest absolute Gasteiger partial charge is 0.394 e. The van der Waals surface area contributed by atoms with Gasteiger partial charge in [-0.1, -0.05) is 6.58 Å². The molecule has 2 rings (SSSR count). The molecule has 0 aromatic carbocycles. The predicted octanol–water partition coefficient (Wildman–Crippen LogP) is -1.41. The third-order valence-electron chi connectivity index (χ3n) is 2.62. The number of hydrazone groups is 1. The zero-order valence-corrected chi connectivity index (χ0v) is 9.08. The first-order valence-corrected chi connectivity index (χ1v) is 5.03. The van der Waals surface area contributed by atoms with Crippen LogP contribution in [-0.2, 0) is 9.53 Å². The Labute approximate surface area is 100 Å². The Hall–Kier alpha value is -1.58. The van der Waals surface area contributed by atoms with E-state index in [0.29, 0.717) is 5.01 Å². The third-order valence-corrected chi connectivity index (χ3v) is 2.62. The number of ether oxygens (including phenoxy) is 1. The normalized spacial score (nSPS) is 34.9. The van der Waals surface area contributed by atoms with Crippen LogP contribution in [0.2, 0.25) is 0 Å². The monoisotopic (exact) mass is 263 g/mol. The molecule has 0 aliphatic carbocycles. The Balaban J connectivity index is 2.26. The first-order valence-electron chi connectivity index (χ1n) is 5.03. The summed E-state index contributed by atoms with van der Waals surface area (Å²) in [6.07, 6.45) is -4.74. The minimum atomic E-state index is -3.66. The Morgan fingerprint density at radius 2 is 2.33 bits per heavy atom. The zero-order valence-electron chi connectivity index (χ0n) is 9.08. The lowest BCUT2D eigenvalue weighted by atomic mass is 10.1. The molecule has 3 N–H and O–H groups in total. The number of nitrogens with one attached hydrogen (secondary N) is 1. The van der Waals surface area contributed by atoms with Crippen LogP contribution in [0.5, 0.6) is 0 Å². The van der Waals surface area contributed by atoms with Crippen LogP contribution in [0.25, 0.3) is 0 Å². The molecule has 1 unspecified atom stereocenters. The predicted molar refractivity (Wildman–Crippen MR) is 54.3 cm³/mol. The molecule has 1 fully saturated rings. The average molecular weight is 263 g/mol. The molecule has 3 atom stereocenters. The highest BCUT2D eigenvalue weighted by Gasteiger charge is 2.61. The van der Waals surface area contributed by atoms with Gasteiger partial charge in [0.1, 0.15) is 18.1 Å². The summed E-state index contributed by atoms with van der Waals surface area (Å²) in [6.45, 7) is 2.59. The number of carbonyl (C=O) groups excluding carboxylic acids is 1. The summed E-state index contributed by atoms with van der Waals surface area (Å²) < 4.78 is 32.3. The van der Waals surface area contributed by atoms with E-state index >= 15 is 0 Å². The van der Waals surface area contributed by atoms with Gasteiger partial charge < -0.3 is 20.3 Å². The second kappa shape index (κ2) is 4.26. The van der Waals surface area contributed by atoms with Gasteiger partial charge in [-0.15, -0.1) is 0 Å². The Bertz CT molecular complexity index is 415. The molecule has 0 bridgehead atoms. The molecule has 100 valence electrons. The molecule has 0 spiro atoms. The first-order chi connectivity index (χ1) is 8.37. The molecule has 1 amide bonds. The van der Waals surface area contributed by atoms with Crippen LogP contribution < -0.4 is 5.32 Å². The van der Waals surface area contributed by atoms with Crippen LogP contribution in [0.1, 0.15) is 0 Å². The molecule has 0 saturated carbocycles. The van der Waals surface area contributed by atoms with Gasteiger partial charge in [0.15, 0.2) is 6.10 Å². The highest BCUT2D eigenvalue weighted by atomic mass is 19.3. The Kier molecular flexibility index (Phi) is 3.05. The van der Waals surface area contributed by atoms with Crippen molar-refractivity contribution in [3.8, 4) is 0 Å². The maximum absolute atomic E-state index is 13.7. The number of carbonyl (C=O) groups is 1. The van der Waals surface area contributed by atoms with Gasteiger partial charge in [-0.05, 0) is 0 Å². The van der Waals surface area contributed by atoms with Gasteiger partial charge in [-0.25, -0.2) is 5.01 Å². The molecule has 2 heterocycles. The molecule has 0 aromatic heterocycles. The molecule has 1 saturated heterocycles. The fourth-order valence-corrected chi connectivity index (χ4v) is 1.71. The highest BCUT2D eigenvalue weighted by Crippen LogP contribution is 2.39. The number of aliphatic hydroxyl groups excluding tert-OH is 2. The van der Waals surface area contributed by atoms with Gasteiger partial charge in [0.2, 0.25) is 6.23 Å². The van der Waals surface area contributed by atoms with Crippen molar-refractivity contribution in [3.63, 3.8) is 0 Å². The van der Waals surface area contributed by atoms with Gasteiger partial charge in [-0.2, -0.15) is 13.9 Å². The SMILES string of the molecule is C=C1NC(=O)C=NN1[C@@H]1O[C@H](CO)C(O)C1(F)F. The van der Waals surface area contributed by atoms with E-state index in [0.717, 1.165) is 6.21 Å². The number of alkyl halides is 2. The van der Waals surface area contributed by atoms with E-state index in [9.17, 15) is 18.7 Å². The minimum Gasteiger partial charge on any atom is -0.394 e. The summed E-state index contributed by atoms with van der Waals surface area (Å²) in [6, 6.07) is 0. The van der Waals surface area contributed by atoms with E-state index < -0.39 is 36.9 Å². The summed E-state index contributed by atoms with van der Waals surface area (Å²) in [5.41, 5.74) is 0. The van der Waals surface area contributed by atoms with E-state index in [4.69, 9.17) is 9.84 Å². The summed E-state index contributed by atoms with van der Waals surface area (Å²) in [5.74, 6) is -4.45. The fourth-order valence-electron chi connectivity index (χ4n) is 1.71. The number of hydrogen-bond acceptors (Lipinski definition) is 6. The lowest BCUT2D eigenvalue weighted by Gasteiger charge is -2.32. The fraction of sp³-hybridized carbons (Fsp3) is 0.556. The minimum absolute atomic E-state index is 0.196. The topological polar surface area (TPSA) is 94.4 Å². The van der Waals surface area contributed by atoms with Crippen LogP contribution in [-0.4, -0.2) is 58.3 Å². The van der Waals surface area contributed by atoms with E-state index in [1.54, 1.807) is 0 Å². The molecule has 2 aliphatic heterocycles. The maximum Gasteiger partial charge on any atom is 0.321 e. The Morgan fingerprint density at radius 3 is 2.83 bits per heavy atom. The second-order valence-electron chi connectivity index (χ2n) is 3.85. The maximum atomic E-state index is 13.7. The number of hydrogen-bond donors (Lipinski definition) is 3. The van der Waals surface area contributed by atoms with Crippen LogP contribution in [0.3, 0.4) is 0 Å². The van der Waals surface area contributed by atoms with Crippen LogP contribution >= 0.6 is 0 Å². The number of nitrogens with zero attached hydrogens (tertiary/aromatic N) is 2. The second-order valence-corrected chi connectivity index (χ2v) is 3.85. The highest BCUT2D eigenvalue weighted by molar-refractivity contribution is 6.27. The summed E-state index contributed by atoms with van der Waals surface area (Å²) in [4.78, 5) is 10.9. The van der Waals surface area contributed by atoms with Crippen LogP contribution in [0.15, 0.2) is 17.5 Å². The molecule has 18 heavy (non-hydrogen) atoms. The third kappa shape index (κ3) is 1.85. The smallest absolute Gasteiger partial charge is 0.321 e. The van der Waals surface area contributed by atoms with E-state index in [2.05, 4.69) is 17.0 Å². The van der Waals surface area contributed by atoms with Gasteiger partial charge in [0.05, 0.1) is 6.61 Å². The lowest BCUT2D eigenvalue weighted by molar-refractivity contribution is -0.161. The number of amides is 1. The average Bonchev–Trinajstić information content (AvgIpc) is 2.52. The van der Waals surface area contributed by atoms with Crippen LogP contribution in [0, 0.1) is 0 Å². The van der Waals surface area contributed by atoms with E-state index in [1.807, 2.05) is 0 Å². The van der Waals surface area contributed by atoms with Crippen molar-refractivity contribution in [2.45, 2.75) is 24.4 Å².